The lowest BCUT2D eigenvalue weighted by Crippen LogP contribution is -2.23. The fourth-order valence-corrected chi connectivity index (χ4v) is 3.16. The molecule has 3 rings (SSSR count). The second-order valence-electron chi connectivity index (χ2n) is 6.56. The lowest BCUT2D eigenvalue weighted by Gasteiger charge is -2.14. The van der Waals surface area contributed by atoms with E-state index in [9.17, 15) is 9.59 Å². The van der Waals surface area contributed by atoms with Crippen molar-refractivity contribution in [3.05, 3.63) is 59.3 Å². The second kappa shape index (κ2) is 8.60. The summed E-state index contributed by atoms with van der Waals surface area (Å²) in [5, 5.41) is 6.35. The SMILES string of the molecule is COc1cccc(CNC(=O)c2cc(NC(C)=O)cc3nc(C)ccc23)c1OC. The van der Waals surface area contributed by atoms with Crippen LogP contribution >= 0.6 is 0 Å². The number of methoxy groups -OCH3 is 2. The molecule has 7 nitrogen and oxygen atoms in total. The molecule has 2 N–H and O–H groups in total. The van der Waals surface area contributed by atoms with E-state index in [-0.39, 0.29) is 18.4 Å². The predicted octanol–water partition coefficient (Wildman–Crippen LogP) is 3.45. The van der Waals surface area contributed by atoms with E-state index in [4.69, 9.17) is 9.47 Å². The maximum Gasteiger partial charge on any atom is 0.252 e. The molecule has 2 aromatic carbocycles. The van der Waals surface area contributed by atoms with Crippen molar-refractivity contribution < 1.29 is 19.1 Å². The zero-order valence-electron chi connectivity index (χ0n) is 16.8. The van der Waals surface area contributed by atoms with E-state index < -0.39 is 0 Å². The van der Waals surface area contributed by atoms with E-state index in [1.54, 1.807) is 32.4 Å². The molecule has 150 valence electrons. The Morgan fingerprint density at radius 2 is 1.86 bits per heavy atom. The molecule has 0 aliphatic heterocycles. The van der Waals surface area contributed by atoms with Crippen LogP contribution < -0.4 is 20.1 Å². The van der Waals surface area contributed by atoms with E-state index in [0.29, 0.717) is 33.7 Å². The van der Waals surface area contributed by atoms with Crippen molar-refractivity contribution in [2.75, 3.05) is 19.5 Å². The van der Waals surface area contributed by atoms with E-state index in [1.807, 2.05) is 31.2 Å². The highest BCUT2D eigenvalue weighted by Gasteiger charge is 2.15. The van der Waals surface area contributed by atoms with Gasteiger partial charge in [-0.2, -0.15) is 0 Å². The maximum atomic E-state index is 13.0. The minimum Gasteiger partial charge on any atom is -0.493 e. The maximum absolute atomic E-state index is 13.0. The molecule has 1 heterocycles. The fraction of sp³-hybridized carbons (Fsp3) is 0.227. The van der Waals surface area contributed by atoms with Gasteiger partial charge in [0.25, 0.3) is 5.91 Å². The summed E-state index contributed by atoms with van der Waals surface area (Å²) in [6.45, 7) is 3.55. The van der Waals surface area contributed by atoms with Gasteiger partial charge in [0.05, 0.1) is 25.3 Å². The lowest BCUT2D eigenvalue weighted by molar-refractivity contribution is -0.114. The van der Waals surface area contributed by atoms with Gasteiger partial charge in [-0.15, -0.1) is 0 Å². The van der Waals surface area contributed by atoms with Crippen molar-refractivity contribution in [2.24, 2.45) is 0 Å². The van der Waals surface area contributed by atoms with Gasteiger partial charge in [0.2, 0.25) is 5.91 Å². The second-order valence-corrected chi connectivity index (χ2v) is 6.56. The minimum absolute atomic E-state index is 0.218. The third-order valence-corrected chi connectivity index (χ3v) is 4.44. The van der Waals surface area contributed by atoms with E-state index in [1.165, 1.54) is 6.92 Å². The van der Waals surface area contributed by atoms with Crippen molar-refractivity contribution in [1.29, 1.82) is 0 Å². The van der Waals surface area contributed by atoms with Gasteiger partial charge in [-0.3, -0.25) is 14.6 Å². The van der Waals surface area contributed by atoms with Gasteiger partial charge in [-0.05, 0) is 31.2 Å². The number of carbonyl (C=O) groups excluding carboxylic acids is 2. The molecular weight excluding hydrogens is 370 g/mol. The van der Waals surface area contributed by atoms with Crippen LogP contribution in [-0.4, -0.2) is 31.0 Å². The number of anilines is 1. The molecule has 0 spiro atoms. The van der Waals surface area contributed by atoms with Crippen LogP contribution in [0.4, 0.5) is 5.69 Å². The Morgan fingerprint density at radius 1 is 1.07 bits per heavy atom. The van der Waals surface area contributed by atoms with E-state index in [0.717, 1.165) is 11.3 Å². The molecular formula is C22H23N3O4. The third kappa shape index (κ3) is 4.45. The number of carbonyl (C=O) groups is 2. The number of pyridine rings is 1. The normalized spacial score (nSPS) is 10.5. The number of para-hydroxylation sites is 1. The van der Waals surface area contributed by atoms with Crippen LogP contribution in [0.3, 0.4) is 0 Å². The predicted molar refractivity (Wildman–Crippen MR) is 111 cm³/mol. The zero-order valence-corrected chi connectivity index (χ0v) is 16.8. The summed E-state index contributed by atoms with van der Waals surface area (Å²) in [5.74, 6) is 0.670. The molecule has 7 heteroatoms. The van der Waals surface area contributed by atoms with E-state index in [2.05, 4.69) is 15.6 Å². The monoisotopic (exact) mass is 393 g/mol. The number of nitrogens with one attached hydrogen (secondary N) is 2. The molecule has 0 saturated carbocycles. The first-order valence-electron chi connectivity index (χ1n) is 9.10. The molecule has 29 heavy (non-hydrogen) atoms. The van der Waals surface area contributed by atoms with Gasteiger partial charge in [-0.1, -0.05) is 18.2 Å². The largest absolute Gasteiger partial charge is 0.493 e. The first-order chi connectivity index (χ1) is 13.9. The van der Waals surface area contributed by atoms with E-state index >= 15 is 0 Å². The summed E-state index contributed by atoms with van der Waals surface area (Å²) >= 11 is 0. The highest BCUT2D eigenvalue weighted by Crippen LogP contribution is 2.30. The Kier molecular flexibility index (Phi) is 5.97. The zero-order chi connectivity index (χ0) is 21.0. The van der Waals surface area contributed by atoms with Gasteiger partial charge in [0, 0.05) is 35.8 Å². The minimum atomic E-state index is -0.280. The smallest absolute Gasteiger partial charge is 0.252 e. The van der Waals surface area contributed by atoms with Gasteiger partial charge >= 0.3 is 0 Å². The quantitative estimate of drug-likeness (QED) is 0.670. The number of aryl methyl sites for hydroxylation is 1. The Morgan fingerprint density at radius 3 is 2.55 bits per heavy atom. The van der Waals surface area contributed by atoms with Gasteiger partial charge in [-0.25, -0.2) is 0 Å². The molecule has 0 radical (unpaired) electrons. The first-order valence-corrected chi connectivity index (χ1v) is 9.10. The summed E-state index contributed by atoms with van der Waals surface area (Å²) in [6.07, 6.45) is 0. The van der Waals surface area contributed by atoms with Crippen molar-refractivity contribution in [2.45, 2.75) is 20.4 Å². The molecule has 0 aliphatic carbocycles. The highest BCUT2D eigenvalue weighted by atomic mass is 16.5. The van der Waals surface area contributed by atoms with Gasteiger partial charge < -0.3 is 20.1 Å². The van der Waals surface area contributed by atoms with Crippen LogP contribution in [-0.2, 0) is 11.3 Å². The standard InChI is InChI=1S/C22H23N3O4/c1-13-8-9-17-18(10-16(25-14(2)26)11-19(17)24-13)22(27)23-12-15-6-5-7-20(28-3)21(15)29-4/h5-11H,12H2,1-4H3,(H,23,27)(H,25,26). The number of ether oxygens (including phenoxy) is 2. The number of amides is 2. The molecule has 0 bridgehead atoms. The number of benzene rings is 2. The van der Waals surface area contributed by atoms with Crippen LogP contribution in [0.1, 0.15) is 28.5 Å². The van der Waals surface area contributed by atoms with Crippen LogP contribution in [0.5, 0.6) is 11.5 Å². The summed E-state index contributed by atoms with van der Waals surface area (Å²) in [6, 6.07) is 12.6. The van der Waals surface area contributed by atoms with Gasteiger partial charge in [0.1, 0.15) is 0 Å². The summed E-state index contributed by atoms with van der Waals surface area (Å²) in [4.78, 5) is 29.0. The Labute approximate surface area is 169 Å². The molecule has 0 unspecified atom stereocenters. The van der Waals surface area contributed by atoms with Crippen molar-refractivity contribution in [3.63, 3.8) is 0 Å². The Bertz CT molecular complexity index is 1080. The van der Waals surface area contributed by atoms with Crippen LogP contribution in [0.25, 0.3) is 10.9 Å². The average Bonchev–Trinajstić information content (AvgIpc) is 2.70. The first kappa shape index (κ1) is 20.1. The summed E-state index contributed by atoms with van der Waals surface area (Å²) < 4.78 is 10.7. The molecule has 0 saturated heterocycles. The number of nitrogens with zero attached hydrogens (tertiary/aromatic N) is 1. The number of rotatable bonds is 6. The molecule has 0 atom stereocenters. The number of hydrogen-bond acceptors (Lipinski definition) is 5. The molecule has 1 aromatic heterocycles. The van der Waals surface area contributed by atoms with Crippen LogP contribution in [0.2, 0.25) is 0 Å². The van der Waals surface area contributed by atoms with Crippen molar-refractivity contribution in [3.8, 4) is 11.5 Å². The number of fused-ring (bicyclic) bond motifs is 1. The Hall–Kier alpha value is -3.61. The fourth-order valence-electron chi connectivity index (χ4n) is 3.16. The lowest BCUT2D eigenvalue weighted by atomic mass is 10.1. The molecule has 2 amide bonds. The van der Waals surface area contributed by atoms with Gasteiger partial charge in [0.15, 0.2) is 11.5 Å². The molecule has 3 aromatic rings. The number of hydrogen-bond donors (Lipinski definition) is 2. The topological polar surface area (TPSA) is 89.6 Å². The third-order valence-electron chi connectivity index (χ3n) is 4.44. The molecule has 0 aliphatic rings. The number of aromatic nitrogens is 1. The summed E-state index contributed by atoms with van der Waals surface area (Å²) in [7, 11) is 3.12. The van der Waals surface area contributed by atoms with Crippen LogP contribution in [0, 0.1) is 6.92 Å². The Balaban J connectivity index is 1.94. The van der Waals surface area contributed by atoms with Crippen LogP contribution in [0.15, 0.2) is 42.5 Å². The van der Waals surface area contributed by atoms with Crippen molar-refractivity contribution >= 4 is 28.4 Å². The molecule has 0 fully saturated rings. The van der Waals surface area contributed by atoms with Crippen molar-refractivity contribution in [1.82, 2.24) is 10.3 Å². The summed E-state index contributed by atoms with van der Waals surface area (Å²) in [5.41, 5.74) is 3.20. The average molecular weight is 393 g/mol. The highest BCUT2D eigenvalue weighted by molar-refractivity contribution is 6.08.